The van der Waals surface area contributed by atoms with E-state index >= 15 is 0 Å². The van der Waals surface area contributed by atoms with Crippen LogP contribution in [0.2, 0.25) is 0 Å². The fraction of sp³-hybridized carbons (Fsp3) is 0.933. The van der Waals surface area contributed by atoms with Crippen molar-refractivity contribution >= 4 is 5.97 Å². The smallest absolute Gasteiger partial charge is 0.306 e. The number of carbonyl (C=O) groups excluding carboxylic acids is 1. The summed E-state index contributed by atoms with van der Waals surface area (Å²) in [4.78, 5) is 11.9. The molecular weight excluding hydrogens is 226 g/mol. The number of ether oxygens (including phenoxy) is 1. The zero-order chi connectivity index (χ0) is 12.8. The van der Waals surface area contributed by atoms with Crippen LogP contribution in [0.15, 0.2) is 0 Å². The SMILES string of the molecule is CC1CCCCC1OC(=O)CCC1CCCNC1. The molecule has 1 saturated heterocycles. The van der Waals surface area contributed by atoms with E-state index in [9.17, 15) is 4.79 Å². The number of hydrogen-bond acceptors (Lipinski definition) is 3. The summed E-state index contributed by atoms with van der Waals surface area (Å²) in [5.41, 5.74) is 0. The van der Waals surface area contributed by atoms with E-state index in [2.05, 4.69) is 12.2 Å². The molecule has 1 aliphatic carbocycles. The van der Waals surface area contributed by atoms with Gasteiger partial charge in [0, 0.05) is 6.42 Å². The van der Waals surface area contributed by atoms with Gasteiger partial charge in [-0.2, -0.15) is 0 Å². The molecule has 0 bridgehead atoms. The van der Waals surface area contributed by atoms with Gasteiger partial charge in [0.2, 0.25) is 0 Å². The third kappa shape index (κ3) is 4.27. The van der Waals surface area contributed by atoms with E-state index in [-0.39, 0.29) is 12.1 Å². The quantitative estimate of drug-likeness (QED) is 0.783. The number of carbonyl (C=O) groups is 1. The highest BCUT2D eigenvalue weighted by molar-refractivity contribution is 5.69. The number of esters is 1. The van der Waals surface area contributed by atoms with E-state index in [1.54, 1.807) is 0 Å². The van der Waals surface area contributed by atoms with E-state index in [1.807, 2.05) is 0 Å². The molecule has 0 aromatic rings. The molecule has 3 nitrogen and oxygen atoms in total. The first-order valence-corrected chi connectivity index (χ1v) is 7.66. The Hall–Kier alpha value is -0.570. The average Bonchev–Trinajstić information content (AvgIpc) is 2.40. The molecule has 2 fully saturated rings. The van der Waals surface area contributed by atoms with Gasteiger partial charge in [-0.05, 0) is 63.5 Å². The van der Waals surface area contributed by atoms with Crippen LogP contribution in [0.4, 0.5) is 0 Å². The van der Waals surface area contributed by atoms with Crippen molar-refractivity contribution in [3.05, 3.63) is 0 Å². The summed E-state index contributed by atoms with van der Waals surface area (Å²) in [5.74, 6) is 1.26. The Morgan fingerprint density at radius 1 is 1.22 bits per heavy atom. The van der Waals surface area contributed by atoms with Gasteiger partial charge in [-0.15, -0.1) is 0 Å². The van der Waals surface area contributed by atoms with Crippen molar-refractivity contribution < 1.29 is 9.53 Å². The molecule has 2 rings (SSSR count). The lowest BCUT2D eigenvalue weighted by atomic mass is 9.88. The van der Waals surface area contributed by atoms with Gasteiger partial charge in [-0.1, -0.05) is 13.3 Å². The molecule has 3 unspecified atom stereocenters. The molecule has 0 amide bonds. The van der Waals surface area contributed by atoms with Crippen LogP contribution in [0.25, 0.3) is 0 Å². The van der Waals surface area contributed by atoms with Crippen LogP contribution in [0, 0.1) is 11.8 Å². The summed E-state index contributed by atoms with van der Waals surface area (Å²) in [6.45, 7) is 4.43. The third-order valence-corrected chi connectivity index (χ3v) is 4.47. The lowest BCUT2D eigenvalue weighted by Gasteiger charge is -2.29. The molecule has 104 valence electrons. The molecule has 3 atom stereocenters. The van der Waals surface area contributed by atoms with Gasteiger partial charge in [0.25, 0.3) is 0 Å². The topological polar surface area (TPSA) is 38.3 Å². The summed E-state index contributed by atoms with van der Waals surface area (Å²) >= 11 is 0. The summed E-state index contributed by atoms with van der Waals surface area (Å²) < 4.78 is 5.64. The predicted molar refractivity (Wildman–Crippen MR) is 72.3 cm³/mol. The monoisotopic (exact) mass is 253 g/mol. The van der Waals surface area contributed by atoms with Crippen LogP contribution >= 0.6 is 0 Å². The Kier molecular flexibility index (Phi) is 5.48. The molecule has 0 aromatic heterocycles. The van der Waals surface area contributed by atoms with Crippen LogP contribution in [0.3, 0.4) is 0 Å². The summed E-state index contributed by atoms with van der Waals surface area (Å²) in [5, 5.41) is 3.39. The number of nitrogens with one attached hydrogen (secondary N) is 1. The maximum Gasteiger partial charge on any atom is 0.306 e. The number of hydrogen-bond donors (Lipinski definition) is 1. The molecule has 3 heteroatoms. The molecule has 0 spiro atoms. The number of rotatable bonds is 4. The first-order chi connectivity index (χ1) is 8.75. The molecule has 1 N–H and O–H groups in total. The normalized spacial score (nSPS) is 33.1. The first-order valence-electron chi connectivity index (χ1n) is 7.66. The van der Waals surface area contributed by atoms with E-state index in [0.717, 1.165) is 25.9 Å². The van der Waals surface area contributed by atoms with Crippen LogP contribution in [-0.4, -0.2) is 25.2 Å². The fourth-order valence-corrected chi connectivity index (χ4v) is 3.18. The van der Waals surface area contributed by atoms with Crippen molar-refractivity contribution in [2.45, 2.75) is 64.4 Å². The number of piperidine rings is 1. The predicted octanol–water partition coefficient (Wildman–Crippen LogP) is 2.89. The second-order valence-corrected chi connectivity index (χ2v) is 6.04. The standard InChI is InChI=1S/C15H27NO2/c1-12-5-2-3-7-14(12)18-15(17)9-8-13-6-4-10-16-11-13/h12-14,16H,2-11H2,1H3. The van der Waals surface area contributed by atoms with Crippen molar-refractivity contribution in [3.63, 3.8) is 0 Å². The molecule has 1 heterocycles. The van der Waals surface area contributed by atoms with Crippen LogP contribution in [-0.2, 0) is 9.53 Å². The van der Waals surface area contributed by atoms with Crippen molar-refractivity contribution in [2.75, 3.05) is 13.1 Å². The Bertz CT molecular complexity index is 261. The van der Waals surface area contributed by atoms with E-state index in [4.69, 9.17) is 4.74 Å². The zero-order valence-electron chi connectivity index (χ0n) is 11.6. The van der Waals surface area contributed by atoms with Crippen molar-refractivity contribution in [2.24, 2.45) is 11.8 Å². The van der Waals surface area contributed by atoms with Crippen molar-refractivity contribution in [1.29, 1.82) is 0 Å². The molecule has 1 saturated carbocycles. The summed E-state index contributed by atoms with van der Waals surface area (Å²) in [6, 6.07) is 0. The van der Waals surface area contributed by atoms with Gasteiger partial charge >= 0.3 is 5.97 Å². The van der Waals surface area contributed by atoms with Gasteiger partial charge in [-0.25, -0.2) is 0 Å². The van der Waals surface area contributed by atoms with Crippen molar-refractivity contribution in [1.82, 2.24) is 5.32 Å². The molecule has 18 heavy (non-hydrogen) atoms. The van der Waals surface area contributed by atoms with Gasteiger partial charge in [0.1, 0.15) is 6.10 Å². The highest BCUT2D eigenvalue weighted by atomic mass is 16.5. The summed E-state index contributed by atoms with van der Waals surface area (Å²) in [7, 11) is 0. The maximum atomic E-state index is 11.9. The Morgan fingerprint density at radius 3 is 2.78 bits per heavy atom. The minimum atomic E-state index is 0.0272. The molecule has 1 aliphatic heterocycles. The second-order valence-electron chi connectivity index (χ2n) is 6.04. The van der Waals surface area contributed by atoms with Crippen LogP contribution in [0.5, 0.6) is 0 Å². The minimum absolute atomic E-state index is 0.0272. The third-order valence-electron chi connectivity index (χ3n) is 4.47. The van der Waals surface area contributed by atoms with Gasteiger partial charge in [0.15, 0.2) is 0 Å². The van der Waals surface area contributed by atoms with Crippen LogP contribution in [0.1, 0.15) is 58.3 Å². The van der Waals surface area contributed by atoms with Crippen LogP contribution < -0.4 is 5.32 Å². The van der Waals surface area contributed by atoms with E-state index in [0.29, 0.717) is 18.3 Å². The molecule has 0 aromatic carbocycles. The Morgan fingerprint density at radius 2 is 2.06 bits per heavy atom. The van der Waals surface area contributed by atoms with Gasteiger partial charge < -0.3 is 10.1 Å². The average molecular weight is 253 g/mol. The largest absolute Gasteiger partial charge is 0.462 e. The summed E-state index contributed by atoms with van der Waals surface area (Å²) in [6.07, 6.45) is 9.10. The minimum Gasteiger partial charge on any atom is -0.462 e. The molecular formula is C15H27NO2. The maximum absolute atomic E-state index is 11.9. The van der Waals surface area contributed by atoms with E-state index in [1.165, 1.54) is 32.1 Å². The highest BCUT2D eigenvalue weighted by Crippen LogP contribution is 2.27. The lowest BCUT2D eigenvalue weighted by Crippen LogP contribution is -2.31. The van der Waals surface area contributed by atoms with E-state index < -0.39 is 0 Å². The fourth-order valence-electron chi connectivity index (χ4n) is 3.18. The molecule has 0 radical (unpaired) electrons. The van der Waals surface area contributed by atoms with Gasteiger partial charge in [-0.3, -0.25) is 4.79 Å². The second kappa shape index (κ2) is 7.13. The Balaban J connectivity index is 1.64. The van der Waals surface area contributed by atoms with Crippen molar-refractivity contribution in [3.8, 4) is 0 Å². The molecule has 2 aliphatic rings. The van der Waals surface area contributed by atoms with Gasteiger partial charge in [0.05, 0.1) is 0 Å². The lowest BCUT2D eigenvalue weighted by molar-refractivity contribution is -0.153. The Labute approximate surface area is 111 Å². The highest BCUT2D eigenvalue weighted by Gasteiger charge is 2.25. The zero-order valence-corrected chi connectivity index (χ0v) is 11.6. The first kappa shape index (κ1) is 13.9.